The first-order valence-corrected chi connectivity index (χ1v) is 9.22. The van der Waals surface area contributed by atoms with Gasteiger partial charge in [0, 0.05) is 30.1 Å². The second-order valence-electron chi connectivity index (χ2n) is 6.38. The van der Waals surface area contributed by atoms with Crippen LogP contribution in [0.1, 0.15) is 37.1 Å². The molecule has 1 aliphatic heterocycles. The molecule has 0 aliphatic carbocycles. The molecule has 2 unspecified atom stereocenters. The van der Waals surface area contributed by atoms with Gasteiger partial charge in [-0.15, -0.1) is 6.58 Å². The van der Waals surface area contributed by atoms with Crippen molar-refractivity contribution < 1.29 is 13.9 Å². The number of amides is 1. The highest BCUT2D eigenvalue weighted by molar-refractivity contribution is 9.10. The lowest BCUT2D eigenvalue weighted by atomic mass is 9.85. The number of halogens is 2. The highest BCUT2D eigenvalue weighted by Gasteiger charge is 2.42. The van der Waals surface area contributed by atoms with Gasteiger partial charge in [0.15, 0.2) is 0 Å². The summed E-state index contributed by atoms with van der Waals surface area (Å²) < 4.78 is 20.0. The van der Waals surface area contributed by atoms with E-state index in [1.165, 1.54) is 12.1 Å². The molecular formula is C20H20BrFN2O2. The molecule has 1 aromatic carbocycles. The predicted octanol–water partition coefficient (Wildman–Crippen LogP) is 5.36. The molecule has 0 spiro atoms. The van der Waals surface area contributed by atoms with Crippen LogP contribution in [-0.2, 0) is 10.3 Å². The second-order valence-corrected chi connectivity index (χ2v) is 7.30. The molecule has 1 saturated heterocycles. The maximum Gasteiger partial charge on any atom is 0.411 e. The first-order valence-electron chi connectivity index (χ1n) is 8.43. The van der Waals surface area contributed by atoms with Gasteiger partial charge in [0.1, 0.15) is 11.4 Å². The van der Waals surface area contributed by atoms with E-state index in [4.69, 9.17) is 4.74 Å². The van der Waals surface area contributed by atoms with E-state index in [-0.39, 0.29) is 11.9 Å². The molecule has 2 heterocycles. The molecule has 1 aromatic heterocycles. The van der Waals surface area contributed by atoms with Crippen LogP contribution < -0.4 is 0 Å². The van der Waals surface area contributed by atoms with E-state index in [2.05, 4.69) is 27.5 Å². The molecule has 1 aliphatic rings. The van der Waals surface area contributed by atoms with Crippen molar-refractivity contribution in [2.24, 2.45) is 0 Å². The first kappa shape index (κ1) is 18.6. The smallest absolute Gasteiger partial charge is 0.411 e. The normalized spacial score (nSPS) is 21.2. The van der Waals surface area contributed by atoms with Crippen LogP contribution in [0.5, 0.6) is 0 Å². The summed E-state index contributed by atoms with van der Waals surface area (Å²) in [7, 11) is 0. The van der Waals surface area contributed by atoms with E-state index in [0.717, 1.165) is 15.7 Å². The van der Waals surface area contributed by atoms with Crippen molar-refractivity contribution in [3.05, 3.63) is 76.8 Å². The number of hydrogen-bond acceptors (Lipinski definition) is 3. The summed E-state index contributed by atoms with van der Waals surface area (Å²) in [5, 5.41) is 0. The SMILES string of the molecule is C=CCC1(c2ccc(F)cc2)CCN(C(C)c2ccc(Br)cn2)C(=O)O1. The molecule has 3 rings (SSSR count). The van der Waals surface area contributed by atoms with Crippen LogP contribution in [0.3, 0.4) is 0 Å². The van der Waals surface area contributed by atoms with E-state index in [0.29, 0.717) is 19.4 Å². The van der Waals surface area contributed by atoms with E-state index in [1.807, 2.05) is 19.1 Å². The lowest BCUT2D eigenvalue weighted by Crippen LogP contribution is -2.48. The largest absolute Gasteiger partial charge is 0.437 e. The standard InChI is InChI=1S/C20H20BrFN2O2/c1-3-10-20(15-4-7-17(22)8-5-15)11-12-24(19(25)26-20)14(2)18-9-6-16(21)13-23-18/h3-9,13-14H,1,10-12H2,2H3. The van der Waals surface area contributed by atoms with Crippen LogP contribution in [0.2, 0.25) is 0 Å². The molecule has 136 valence electrons. The second kappa shape index (κ2) is 7.58. The molecule has 6 heteroatoms. The molecule has 0 radical (unpaired) electrons. The Kier molecular flexibility index (Phi) is 5.41. The maximum absolute atomic E-state index is 13.3. The van der Waals surface area contributed by atoms with Crippen LogP contribution in [-0.4, -0.2) is 22.5 Å². The van der Waals surface area contributed by atoms with Gasteiger partial charge in [0.05, 0.1) is 11.7 Å². The minimum absolute atomic E-state index is 0.203. The third-order valence-corrected chi connectivity index (χ3v) is 5.23. The van der Waals surface area contributed by atoms with Crippen molar-refractivity contribution in [2.45, 2.75) is 31.4 Å². The summed E-state index contributed by atoms with van der Waals surface area (Å²) in [6.07, 6.45) is 4.10. The molecule has 0 bridgehead atoms. The number of pyridine rings is 1. The molecule has 4 nitrogen and oxygen atoms in total. The Morgan fingerprint density at radius 3 is 2.69 bits per heavy atom. The van der Waals surface area contributed by atoms with Gasteiger partial charge in [-0.1, -0.05) is 18.2 Å². The molecular weight excluding hydrogens is 399 g/mol. The number of carbonyl (C=O) groups excluding carboxylic acids is 1. The summed E-state index contributed by atoms with van der Waals surface area (Å²) in [5.74, 6) is -0.318. The zero-order valence-corrected chi connectivity index (χ0v) is 16.1. The fraction of sp³-hybridized carbons (Fsp3) is 0.300. The van der Waals surface area contributed by atoms with Crippen molar-refractivity contribution in [3.8, 4) is 0 Å². The number of carbonyl (C=O) groups is 1. The third kappa shape index (κ3) is 3.65. The summed E-state index contributed by atoms with van der Waals surface area (Å²) in [6.45, 7) is 6.23. The van der Waals surface area contributed by atoms with Crippen molar-refractivity contribution in [2.75, 3.05) is 6.54 Å². The number of nitrogens with zero attached hydrogens (tertiary/aromatic N) is 2. The van der Waals surface area contributed by atoms with Crippen LogP contribution in [0.15, 0.2) is 59.7 Å². The van der Waals surface area contributed by atoms with Crippen LogP contribution >= 0.6 is 15.9 Å². The number of hydrogen-bond donors (Lipinski definition) is 0. The van der Waals surface area contributed by atoms with E-state index in [1.54, 1.807) is 29.3 Å². The van der Waals surface area contributed by atoms with Crippen molar-refractivity contribution >= 4 is 22.0 Å². The fourth-order valence-electron chi connectivity index (χ4n) is 3.27. The minimum atomic E-state index is -0.810. The van der Waals surface area contributed by atoms with Gasteiger partial charge >= 0.3 is 6.09 Å². The predicted molar refractivity (Wildman–Crippen MR) is 101 cm³/mol. The average molecular weight is 419 g/mol. The molecule has 1 amide bonds. The Bertz CT molecular complexity index is 794. The molecule has 1 fully saturated rings. The summed E-state index contributed by atoms with van der Waals surface area (Å²) >= 11 is 3.36. The van der Waals surface area contributed by atoms with Gasteiger partial charge < -0.3 is 4.74 Å². The quantitative estimate of drug-likeness (QED) is 0.613. The van der Waals surface area contributed by atoms with Crippen molar-refractivity contribution in [1.29, 1.82) is 0 Å². The number of benzene rings is 1. The Labute approximate surface area is 160 Å². The average Bonchev–Trinajstić information content (AvgIpc) is 2.63. The lowest BCUT2D eigenvalue weighted by molar-refractivity contribution is -0.0592. The minimum Gasteiger partial charge on any atom is -0.437 e. The summed E-state index contributed by atoms with van der Waals surface area (Å²) in [6, 6.07) is 9.68. The van der Waals surface area contributed by atoms with Gasteiger partial charge in [-0.05, 0) is 52.7 Å². The van der Waals surface area contributed by atoms with E-state index >= 15 is 0 Å². The zero-order chi connectivity index (χ0) is 18.7. The third-order valence-electron chi connectivity index (χ3n) is 4.76. The molecule has 0 saturated carbocycles. The molecule has 0 N–H and O–H groups in total. The van der Waals surface area contributed by atoms with Crippen LogP contribution in [0.25, 0.3) is 0 Å². The van der Waals surface area contributed by atoms with Gasteiger partial charge in [-0.2, -0.15) is 0 Å². The van der Waals surface area contributed by atoms with Crippen LogP contribution in [0.4, 0.5) is 9.18 Å². The fourth-order valence-corrected chi connectivity index (χ4v) is 3.50. The highest BCUT2D eigenvalue weighted by Crippen LogP contribution is 2.39. The van der Waals surface area contributed by atoms with Gasteiger partial charge in [0.2, 0.25) is 0 Å². The Morgan fingerprint density at radius 2 is 2.12 bits per heavy atom. The topological polar surface area (TPSA) is 42.4 Å². The number of ether oxygens (including phenoxy) is 1. The Balaban J connectivity index is 1.83. The Morgan fingerprint density at radius 1 is 1.38 bits per heavy atom. The van der Waals surface area contributed by atoms with Crippen LogP contribution in [0, 0.1) is 5.82 Å². The van der Waals surface area contributed by atoms with E-state index < -0.39 is 11.7 Å². The molecule has 2 atom stereocenters. The summed E-state index contributed by atoms with van der Waals surface area (Å²) in [4.78, 5) is 18.8. The molecule has 2 aromatic rings. The zero-order valence-electron chi connectivity index (χ0n) is 14.5. The number of cyclic esters (lactones) is 1. The number of rotatable bonds is 5. The lowest BCUT2D eigenvalue weighted by Gasteiger charge is -2.43. The van der Waals surface area contributed by atoms with E-state index in [9.17, 15) is 9.18 Å². The van der Waals surface area contributed by atoms with Gasteiger partial charge in [-0.3, -0.25) is 9.88 Å². The Hall–Kier alpha value is -2.21. The van der Waals surface area contributed by atoms with Crippen molar-refractivity contribution in [3.63, 3.8) is 0 Å². The summed E-state index contributed by atoms with van der Waals surface area (Å²) in [5.41, 5.74) is 0.764. The maximum atomic E-state index is 13.3. The highest BCUT2D eigenvalue weighted by atomic mass is 79.9. The van der Waals surface area contributed by atoms with Crippen molar-refractivity contribution in [1.82, 2.24) is 9.88 Å². The number of aromatic nitrogens is 1. The van der Waals surface area contributed by atoms with Gasteiger partial charge in [0.25, 0.3) is 0 Å². The first-order chi connectivity index (χ1) is 12.4. The van der Waals surface area contributed by atoms with Gasteiger partial charge in [-0.25, -0.2) is 9.18 Å². The monoisotopic (exact) mass is 418 g/mol. The molecule has 26 heavy (non-hydrogen) atoms.